The van der Waals surface area contributed by atoms with Crippen molar-refractivity contribution in [3.63, 3.8) is 0 Å². The molecule has 1 aliphatic carbocycles. The number of carbonyl (C=O) groups is 1. The zero-order valence-electron chi connectivity index (χ0n) is 8.87. The number of hydrogen-bond donors (Lipinski definition) is 2. The van der Waals surface area contributed by atoms with Crippen molar-refractivity contribution >= 4 is 23.2 Å². The molecular formula is C12H14ClNO2. The number of anilines is 1. The van der Waals surface area contributed by atoms with Crippen LogP contribution in [0.15, 0.2) is 24.3 Å². The Morgan fingerprint density at radius 2 is 2.00 bits per heavy atom. The maximum atomic E-state index is 11.9. The van der Waals surface area contributed by atoms with E-state index in [0.717, 1.165) is 19.3 Å². The molecule has 1 aromatic rings. The lowest BCUT2D eigenvalue weighted by atomic mass is 9.68. The zero-order valence-corrected chi connectivity index (χ0v) is 9.63. The van der Waals surface area contributed by atoms with Gasteiger partial charge >= 0.3 is 0 Å². The lowest BCUT2D eigenvalue weighted by molar-refractivity contribution is -0.133. The van der Waals surface area contributed by atoms with Crippen LogP contribution in [0, 0.1) is 5.41 Å². The third-order valence-corrected chi connectivity index (χ3v) is 3.45. The smallest absolute Gasteiger partial charge is 0.232 e. The molecule has 1 saturated carbocycles. The number of carbonyl (C=O) groups excluding carboxylic acids is 1. The highest BCUT2D eigenvalue weighted by Crippen LogP contribution is 2.41. The van der Waals surface area contributed by atoms with Crippen molar-refractivity contribution in [1.29, 1.82) is 0 Å². The van der Waals surface area contributed by atoms with E-state index < -0.39 is 5.41 Å². The molecule has 86 valence electrons. The van der Waals surface area contributed by atoms with Crippen LogP contribution in [0.3, 0.4) is 0 Å². The second kappa shape index (κ2) is 4.44. The average Bonchev–Trinajstić information content (AvgIpc) is 2.21. The van der Waals surface area contributed by atoms with Gasteiger partial charge in [-0.1, -0.05) is 18.0 Å². The Labute approximate surface area is 99.4 Å². The van der Waals surface area contributed by atoms with Crippen molar-refractivity contribution in [1.82, 2.24) is 0 Å². The van der Waals surface area contributed by atoms with E-state index in [2.05, 4.69) is 5.32 Å². The van der Waals surface area contributed by atoms with Crippen molar-refractivity contribution in [3.05, 3.63) is 29.3 Å². The molecule has 0 heterocycles. The normalized spacial score (nSPS) is 17.6. The van der Waals surface area contributed by atoms with E-state index in [1.807, 2.05) is 0 Å². The minimum Gasteiger partial charge on any atom is -0.395 e. The summed E-state index contributed by atoms with van der Waals surface area (Å²) in [5, 5.41) is 12.7. The van der Waals surface area contributed by atoms with E-state index in [-0.39, 0.29) is 12.5 Å². The molecule has 0 bridgehead atoms. The molecule has 4 heteroatoms. The maximum Gasteiger partial charge on any atom is 0.232 e. The van der Waals surface area contributed by atoms with E-state index in [1.54, 1.807) is 24.3 Å². The van der Waals surface area contributed by atoms with E-state index in [1.165, 1.54) is 0 Å². The molecule has 0 atom stereocenters. The Hall–Kier alpha value is -1.06. The fraction of sp³-hybridized carbons (Fsp3) is 0.417. The quantitative estimate of drug-likeness (QED) is 0.851. The number of hydrogen-bond acceptors (Lipinski definition) is 2. The second-order valence-corrected chi connectivity index (χ2v) is 4.69. The molecule has 0 saturated heterocycles. The van der Waals surface area contributed by atoms with Crippen LogP contribution in [0.1, 0.15) is 19.3 Å². The third kappa shape index (κ3) is 2.06. The molecule has 3 nitrogen and oxygen atoms in total. The number of benzene rings is 1. The van der Waals surface area contributed by atoms with Crippen molar-refractivity contribution in [2.45, 2.75) is 19.3 Å². The summed E-state index contributed by atoms with van der Waals surface area (Å²) in [5.41, 5.74) is 0.161. The van der Waals surface area contributed by atoms with Gasteiger partial charge in [0.25, 0.3) is 0 Å². The molecule has 1 aromatic carbocycles. The van der Waals surface area contributed by atoms with Crippen molar-refractivity contribution in [2.24, 2.45) is 5.41 Å². The van der Waals surface area contributed by atoms with Crippen LogP contribution in [-0.4, -0.2) is 17.6 Å². The molecule has 16 heavy (non-hydrogen) atoms. The van der Waals surface area contributed by atoms with Crippen LogP contribution in [0.4, 0.5) is 5.69 Å². The van der Waals surface area contributed by atoms with Gasteiger partial charge in [-0.2, -0.15) is 0 Å². The maximum absolute atomic E-state index is 11.9. The minimum absolute atomic E-state index is 0.0770. The van der Waals surface area contributed by atoms with E-state index in [4.69, 9.17) is 11.6 Å². The first-order valence-electron chi connectivity index (χ1n) is 5.34. The van der Waals surface area contributed by atoms with Gasteiger partial charge in [0.2, 0.25) is 5.91 Å². The molecule has 0 aromatic heterocycles. The summed E-state index contributed by atoms with van der Waals surface area (Å²) in [6.07, 6.45) is 2.54. The summed E-state index contributed by atoms with van der Waals surface area (Å²) in [7, 11) is 0. The Balaban J connectivity index is 2.04. The summed E-state index contributed by atoms with van der Waals surface area (Å²) in [4.78, 5) is 11.9. The SMILES string of the molecule is O=C(Nc1ccc(Cl)cc1)C1(CO)CCC1. The molecule has 2 rings (SSSR count). The number of aliphatic hydroxyl groups excluding tert-OH is 1. The van der Waals surface area contributed by atoms with Gasteiger partial charge < -0.3 is 10.4 Å². The lowest BCUT2D eigenvalue weighted by Gasteiger charge is -2.38. The predicted molar refractivity (Wildman–Crippen MR) is 63.5 cm³/mol. The van der Waals surface area contributed by atoms with Crippen LogP contribution in [0.5, 0.6) is 0 Å². The summed E-state index contributed by atoms with van der Waals surface area (Å²) < 4.78 is 0. The molecule has 1 aliphatic rings. The average molecular weight is 240 g/mol. The fourth-order valence-corrected chi connectivity index (χ4v) is 1.98. The van der Waals surface area contributed by atoms with Gasteiger partial charge in [0.15, 0.2) is 0 Å². The Morgan fingerprint density at radius 3 is 2.44 bits per heavy atom. The van der Waals surface area contributed by atoms with Crippen LogP contribution in [-0.2, 0) is 4.79 Å². The molecule has 0 unspecified atom stereocenters. The highest BCUT2D eigenvalue weighted by molar-refractivity contribution is 6.30. The summed E-state index contributed by atoms with van der Waals surface area (Å²) >= 11 is 5.75. The number of nitrogens with one attached hydrogen (secondary N) is 1. The number of rotatable bonds is 3. The van der Waals surface area contributed by atoms with Crippen LogP contribution >= 0.6 is 11.6 Å². The van der Waals surface area contributed by atoms with Crippen molar-refractivity contribution in [3.8, 4) is 0 Å². The number of aliphatic hydroxyl groups is 1. The van der Waals surface area contributed by atoms with Gasteiger partial charge in [-0.15, -0.1) is 0 Å². The van der Waals surface area contributed by atoms with Crippen LogP contribution < -0.4 is 5.32 Å². The molecule has 1 amide bonds. The van der Waals surface area contributed by atoms with Crippen molar-refractivity contribution < 1.29 is 9.90 Å². The molecule has 1 fully saturated rings. The van der Waals surface area contributed by atoms with Crippen LogP contribution in [0.2, 0.25) is 5.02 Å². The topological polar surface area (TPSA) is 49.3 Å². The predicted octanol–water partition coefficient (Wildman–Crippen LogP) is 2.44. The Bertz CT molecular complexity index is 379. The first-order chi connectivity index (χ1) is 7.66. The highest BCUT2D eigenvalue weighted by atomic mass is 35.5. The standard InChI is InChI=1S/C12H14ClNO2/c13-9-2-4-10(5-3-9)14-11(16)12(8-15)6-1-7-12/h2-5,15H,1,6-8H2,(H,14,16). The van der Waals surface area contributed by atoms with Crippen LogP contribution in [0.25, 0.3) is 0 Å². The Morgan fingerprint density at radius 1 is 1.38 bits per heavy atom. The number of halogens is 1. The Kier molecular flexibility index (Phi) is 3.17. The third-order valence-electron chi connectivity index (χ3n) is 3.20. The summed E-state index contributed by atoms with van der Waals surface area (Å²) in [5.74, 6) is -0.0939. The van der Waals surface area contributed by atoms with E-state index in [0.29, 0.717) is 10.7 Å². The summed E-state index contributed by atoms with van der Waals surface area (Å²) in [6.45, 7) is -0.0770. The molecule has 0 aliphatic heterocycles. The van der Waals surface area contributed by atoms with Gasteiger partial charge in [-0.05, 0) is 37.1 Å². The first-order valence-corrected chi connectivity index (χ1v) is 5.72. The minimum atomic E-state index is -0.556. The van der Waals surface area contributed by atoms with Gasteiger partial charge in [0, 0.05) is 10.7 Å². The van der Waals surface area contributed by atoms with E-state index >= 15 is 0 Å². The highest BCUT2D eigenvalue weighted by Gasteiger charge is 2.43. The second-order valence-electron chi connectivity index (χ2n) is 4.25. The van der Waals surface area contributed by atoms with Gasteiger partial charge in [-0.3, -0.25) is 4.79 Å². The molecule has 0 radical (unpaired) electrons. The van der Waals surface area contributed by atoms with Gasteiger partial charge in [0.1, 0.15) is 0 Å². The van der Waals surface area contributed by atoms with Crippen molar-refractivity contribution in [2.75, 3.05) is 11.9 Å². The summed E-state index contributed by atoms with van der Waals surface area (Å²) in [6, 6.07) is 6.96. The number of amides is 1. The monoisotopic (exact) mass is 239 g/mol. The first kappa shape index (κ1) is 11.4. The zero-order chi connectivity index (χ0) is 11.6. The van der Waals surface area contributed by atoms with Gasteiger partial charge in [0.05, 0.1) is 12.0 Å². The fourth-order valence-electron chi connectivity index (χ4n) is 1.86. The van der Waals surface area contributed by atoms with E-state index in [9.17, 15) is 9.90 Å². The largest absolute Gasteiger partial charge is 0.395 e. The molecule has 0 spiro atoms. The molecular weight excluding hydrogens is 226 g/mol. The lowest BCUT2D eigenvalue weighted by Crippen LogP contribution is -2.44. The van der Waals surface area contributed by atoms with Gasteiger partial charge in [-0.25, -0.2) is 0 Å². The molecule has 2 N–H and O–H groups in total.